The zero-order chi connectivity index (χ0) is 41.8. The van der Waals surface area contributed by atoms with E-state index in [1.165, 1.54) is 5.56 Å². The first kappa shape index (κ1) is 38.7. The maximum atomic E-state index is 13.1. The summed E-state index contributed by atoms with van der Waals surface area (Å²) in [6.45, 7) is 6.63. The predicted molar refractivity (Wildman–Crippen MR) is 242 cm³/mol. The quantitative estimate of drug-likeness (QED) is 0.160. The van der Waals surface area contributed by atoms with Gasteiger partial charge in [-0.25, -0.2) is 4.79 Å². The van der Waals surface area contributed by atoms with Gasteiger partial charge in [-0.2, -0.15) is 0 Å². The van der Waals surface area contributed by atoms with Gasteiger partial charge in [0.25, 0.3) is 0 Å². The molecule has 0 aliphatic rings. The highest BCUT2D eigenvalue weighted by molar-refractivity contribution is 5.98. The summed E-state index contributed by atoms with van der Waals surface area (Å²) in [4.78, 5) is 31.8. The van der Waals surface area contributed by atoms with Crippen LogP contribution in [0.1, 0.15) is 31.9 Å². The molecule has 0 atom stereocenters. The van der Waals surface area contributed by atoms with Crippen LogP contribution in [0, 0.1) is 0 Å². The Morgan fingerprint density at radius 1 is 0.590 bits per heavy atom. The standard InChI is InChI=1S/C28H25N3O3.C23H17N3O/c1-28(2,3)34-27(32)31(22-8-6-12-29-16-22)18-19-10-11-21-15-30-17-24(23(21)13-19)26-14-20-7-4-5-9-25(20)33-26;1-2-6-22-17(4-1)11-23(27-22)21-15-25-13-18-8-7-16(10-20(18)21)12-26-19-5-3-9-24-14-19/h4-17H,18H2,1-3H3;1-11,13-15,26H,12H2. The Morgan fingerprint density at radius 3 is 1.72 bits per heavy atom. The summed E-state index contributed by atoms with van der Waals surface area (Å²) in [6.07, 6.45) is 13.9. The Bertz CT molecular complexity index is 3050. The van der Waals surface area contributed by atoms with Crippen molar-refractivity contribution in [3.63, 3.8) is 0 Å². The number of aromatic nitrogens is 4. The number of carbonyl (C=O) groups is 1. The molecule has 6 heterocycles. The molecule has 1 amide bonds. The van der Waals surface area contributed by atoms with Crippen LogP contribution < -0.4 is 10.2 Å². The normalized spacial score (nSPS) is 11.4. The lowest BCUT2D eigenvalue weighted by Gasteiger charge is -2.27. The number of amides is 1. The molecule has 0 saturated heterocycles. The Kier molecular flexibility index (Phi) is 10.6. The minimum absolute atomic E-state index is 0.332. The first-order valence-corrected chi connectivity index (χ1v) is 20.0. The number of anilines is 2. The molecule has 0 aliphatic heterocycles. The van der Waals surface area contributed by atoms with Crippen molar-refractivity contribution in [1.29, 1.82) is 0 Å². The van der Waals surface area contributed by atoms with Crippen molar-refractivity contribution in [1.82, 2.24) is 19.9 Å². The van der Waals surface area contributed by atoms with E-state index in [1.54, 1.807) is 29.6 Å². The number of carbonyl (C=O) groups excluding carboxylic acids is 1. The smallest absolute Gasteiger partial charge is 0.415 e. The molecule has 10 nitrogen and oxygen atoms in total. The molecular formula is C51H42N6O4. The molecule has 10 heteroatoms. The number of furan rings is 2. The van der Waals surface area contributed by atoms with E-state index in [0.717, 1.165) is 83.9 Å². The fourth-order valence-electron chi connectivity index (χ4n) is 7.20. The van der Waals surface area contributed by atoms with Gasteiger partial charge in [0.05, 0.1) is 24.1 Å². The van der Waals surface area contributed by atoms with E-state index in [4.69, 9.17) is 13.6 Å². The van der Waals surface area contributed by atoms with E-state index in [1.807, 2.05) is 131 Å². The molecule has 6 aromatic heterocycles. The number of pyridine rings is 4. The van der Waals surface area contributed by atoms with Crippen LogP contribution in [-0.4, -0.2) is 31.6 Å². The van der Waals surface area contributed by atoms with Crippen molar-refractivity contribution >= 4 is 61.0 Å². The van der Waals surface area contributed by atoms with Crippen molar-refractivity contribution in [3.05, 3.63) is 182 Å². The number of nitrogens with one attached hydrogen (secondary N) is 1. The number of hydrogen-bond acceptors (Lipinski definition) is 9. The molecule has 300 valence electrons. The monoisotopic (exact) mass is 802 g/mol. The molecular weight excluding hydrogens is 761 g/mol. The van der Waals surface area contributed by atoms with Gasteiger partial charge in [-0.3, -0.25) is 24.8 Å². The van der Waals surface area contributed by atoms with E-state index in [9.17, 15) is 4.79 Å². The highest BCUT2D eigenvalue weighted by Crippen LogP contribution is 2.35. The fraction of sp³-hybridized carbons (Fsp3) is 0.118. The zero-order valence-corrected chi connectivity index (χ0v) is 33.9. The van der Waals surface area contributed by atoms with Gasteiger partial charge in [-0.15, -0.1) is 0 Å². The van der Waals surface area contributed by atoms with Crippen LogP contribution in [0.4, 0.5) is 16.2 Å². The summed E-state index contributed by atoms with van der Waals surface area (Å²) >= 11 is 0. The Labute approximate surface area is 352 Å². The maximum Gasteiger partial charge on any atom is 0.415 e. The van der Waals surface area contributed by atoms with E-state index >= 15 is 0 Å². The maximum absolute atomic E-state index is 13.1. The largest absolute Gasteiger partial charge is 0.456 e. The lowest BCUT2D eigenvalue weighted by atomic mass is 10.0. The molecule has 10 rings (SSSR count). The number of rotatable bonds is 8. The summed E-state index contributed by atoms with van der Waals surface area (Å²) in [5.41, 5.74) is 6.83. The predicted octanol–water partition coefficient (Wildman–Crippen LogP) is 12.6. The number of fused-ring (bicyclic) bond motifs is 4. The lowest BCUT2D eigenvalue weighted by Crippen LogP contribution is -2.36. The molecule has 0 aliphatic carbocycles. The molecule has 0 unspecified atom stereocenters. The third-order valence-corrected chi connectivity index (χ3v) is 10.1. The molecule has 0 bridgehead atoms. The minimum Gasteiger partial charge on any atom is -0.456 e. The minimum atomic E-state index is -0.610. The third kappa shape index (κ3) is 8.79. The van der Waals surface area contributed by atoms with Crippen molar-refractivity contribution < 1.29 is 18.4 Å². The Morgan fingerprint density at radius 2 is 1.16 bits per heavy atom. The SMILES string of the molecule is CC(C)(C)OC(=O)N(Cc1ccc2cncc(-c3cc4ccccc4o3)c2c1)c1cccnc1.c1cncc(NCc2ccc3cncc(-c4cc5ccccc5o4)c3c2)c1. The van der Waals surface area contributed by atoms with Crippen LogP contribution in [0.25, 0.3) is 66.1 Å². The van der Waals surface area contributed by atoms with Crippen LogP contribution in [-0.2, 0) is 17.8 Å². The average molecular weight is 803 g/mol. The van der Waals surface area contributed by atoms with Gasteiger partial charge in [0.2, 0.25) is 0 Å². The van der Waals surface area contributed by atoms with Gasteiger partial charge in [0, 0.05) is 82.6 Å². The van der Waals surface area contributed by atoms with E-state index < -0.39 is 11.7 Å². The summed E-state index contributed by atoms with van der Waals surface area (Å²) < 4.78 is 17.9. The fourth-order valence-corrected chi connectivity index (χ4v) is 7.20. The van der Waals surface area contributed by atoms with Gasteiger partial charge in [0.15, 0.2) is 0 Å². The third-order valence-electron chi connectivity index (χ3n) is 10.1. The Balaban J connectivity index is 0.000000160. The second kappa shape index (κ2) is 16.8. The van der Waals surface area contributed by atoms with Crippen LogP contribution >= 0.6 is 0 Å². The number of para-hydroxylation sites is 2. The van der Waals surface area contributed by atoms with Crippen molar-refractivity contribution in [2.24, 2.45) is 0 Å². The molecule has 1 N–H and O–H groups in total. The van der Waals surface area contributed by atoms with Gasteiger partial charge in [-0.05, 0) is 103 Å². The molecule has 0 saturated carbocycles. The van der Waals surface area contributed by atoms with E-state index in [0.29, 0.717) is 12.2 Å². The highest BCUT2D eigenvalue weighted by atomic mass is 16.6. The second-order valence-electron chi connectivity index (χ2n) is 15.7. The first-order chi connectivity index (χ1) is 29.7. The summed E-state index contributed by atoms with van der Waals surface area (Å²) in [7, 11) is 0. The van der Waals surface area contributed by atoms with Crippen molar-refractivity contribution in [2.75, 3.05) is 10.2 Å². The lowest BCUT2D eigenvalue weighted by molar-refractivity contribution is 0.0577. The molecule has 4 aromatic carbocycles. The number of ether oxygens (including phenoxy) is 1. The van der Waals surface area contributed by atoms with E-state index in [-0.39, 0.29) is 0 Å². The summed E-state index contributed by atoms with van der Waals surface area (Å²) in [6, 6.07) is 40.2. The van der Waals surface area contributed by atoms with Crippen molar-refractivity contribution in [2.45, 2.75) is 39.5 Å². The number of hydrogen-bond donors (Lipinski definition) is 1. The molecule has 0 fully saturated rings. The molecule has 61 heavy (non-hydrogen) atoms. The van der Waals surface area contributed by atoms with Gasteiger partial charge in [0.1, 0.15) is 28.3 Å². The first-order valence-electron chi connectivity index (χ1n) is 20.0. The molecule has 0 spiro atoms. The van der Waals surface area contributed by atoms with Crippen LogP contribution in [0.2, 0.25) is 0 Å². The summed E-state index contributed by atoms with van der Waals surface area (Å²) in [5.74, 6) is 1.60. The van der Waals surface area contributed by atoms with E-state index in [2.05, 4.69) is 61.7 Å². The second-order valence-corrected chi connectivity index (χ2v) is 15.7. The molecule has 10 aromatic rings. The number of nitrogens with zero attached hydrogens (tertiary/aromatic N) is 5. The van der Waals surface area contributed by atoms with Gasteiger partial charge < -0.3 is 18.9 Å². The highest BCUT2D eigenvalue weighted by Gasteiger charge is 2.24. The van der Waals surface area contributed by atoms with Crippen molar-refractivity contribution in [3.8, 4) is 22.6 Å². The van der Waals surface area contributed by atoms with Crippen LogP contribution in [0.5, 0.6) is 0 Å². The average Bonchev–Trinajstić information content (AvgIpc) is 3.92. The van der Waals surface area contributed by atoms with Crippen LogP contribution in [0.3, 0.4) is 0 Å². The van der Waals surface area contributed by atoms with Gasteiger partial charge >= 0.3 is 6.09 Å². The Hall–Kier alpha value is -7.85. The van der Waals surface area contributed by atoms with Gasteiger partial charge in [-0.1, -0.05) is 60.7 Å². The topological polar surface area (TPSA) is 119 Å². The summed E-state index contributed by atoms with van der Waals surface area (Å²) in [5, 5.41) is 9.76. The van der Waals surface area contributed by atoms with Crippen LogP contribution in [0.15, 0.2) is 180 Å². The zero-order valence-electron chi connectivity index (χ0n) is 33.9. The number of benzene rings is 4. The molecule has 0 radical (unpaired) electrons.